The van der Waals surface area contributed by atoms with Gasteiger partial charge in [-0.25, -0.2) is 8.42 Å². The lowest BCUT2D eigenvalue weighted by Crippen LogP contribution is -2.40. The molecule has 2 aromatic rings. The summed E-state index contributed by atoms with van der Waals surface area (Å²) in [5, 5.41) is 2.60. The maximum absolute atomic E-state index is 12.2. The summed E-state index contributed by atoms with van der Waals surface area (Å²) >= 11 is 0. The van der Waals surface area contributed by atoms with Gasteiger partial charge in [0.15, 0.2) is 9.84 Å². The van der Waals surface area contributed by atoms with Crippen LogP contribution in [0.15, 0.2) is 48.5 Å². The first kappa shape index (κ1) is 22.2. The molecule has 2 rings (SSSR count). The van der Waals surface area contributed by atoms with Crippen LogP contribution in [0.5, 0.6) is 0 Å². The summed E-state index contributed by atoms with van der Waals surface area (Å²) in [5.74, 6) is 0.0224. The van der Waals surface area contributed by atoms with Gasteiger partial charge in [0.25, 0.3) is 5.91 Å². The molecular weight excluding hydrogens is 370 g/mol. The molecule has 28 heavy (non-hydrogen) atoms. The van der Waals surface area contributed by atoms with Crippen molar-refractivity contribution in [1.29, 1.82) is 0 Å². The average molecular weight is 402 g/mol. The SMILES string of the molecule is CC(C)S(=O)(=O)Cc1ccc(CCc2ccc(C(=O)NC(C)(C)C)cc2)cc1. The summed E-state index contributed by atoms with van der Waals surface area (Å²) in [7, 11) is -3.07. The first-order valence-corrected chi connectivity index (χ1v) is 11.4. The highest BCUT2D eigenvalue weighted by Crippen LogP contribution is 2.14. The molecule has 4 nitrogen and oxygen atoms in total. The predicted octanol–water partition coefficient (Wildman–Crippen LogP) is 4.32. The van der Waals surface area contributed by atoms with E-state index in [0.29, 0.717) is 5.56 Å². The van der Waals surface area contributed by atoms with Gasteiger partial charge in [0, 0.05) is 11.1 Å². The van der Waals surface area contributed by atoms with Crippen LogP contribution >= 0.6 is 0 Å². The van der Waals surface area contributed by atoms with E-state index in [0.717, 1.165) is 18.4 Å². The van der Waals surface area contributed by atoms with E-state index < -0.39 is 9.84 Å². The zero-order valence-corrected chi connectivity index (χ0v) is 18.3. The Kier molecular flexibility index (Phi) is 7.05. The molecule has 0 aliphatic carbocycles. The quantitative estimate of drug-likeness (QED) is 0.751. The number of carbonyl (C=O) groups is 1. The molecule has 0 radical (unpaired) electrons. The topological polar surface area (TPSA) is 63.2 Å². The monoisotopic (exact) mass is 401 g/mol. The van der Waals surface area contributed by atoms with Gasteiger partial charge >= 0.3 is 0 Å². The maximum atomic E-state index is 12.2. The van der Waals surface area contributed by atoms with E-state index in [1.807, 2.05) is 69.3 Å². The van der Waals surface area contributed by atoms with E-state index in [2.05, 4.69) is 5.32 Å². The number of benzene rings is 2. The lowest BCUT2D eigenvalue weighted by molar-refractivity contribution is 0.0919. The molecule has 0 fully saturated rings. The molecule has 1 amide bonds. The maximum Gasteiger partial charge on any atom is 0.251 e. The third-order valence-electron chi connectivity index (χ3n) is 4.52. The number of amides is 1. The molecule has 152 valence electrons. The lowest BCUT2D eigenvalue weighted by atomic mass is 10.0. The summed E-state index contributed by atoms with van der Waals surface area (Å²) in [5.41, 5.74) is 3.57. The van der Waals surface area contributed by atoms with Gasteiger partial charge in [0.1, 0.15) is 0 Å². The van der Waals surface area contributed by atoms with Crippen LogP contribution in [-0.4, -0.2) is 25.1 Å². The molecule has 0 unspecified atom stereocenters. The van der Waals surface area contributed by atoms with E-state index in [1.54, 1.807) is 13.8 Å². The molecule has 0 aliphatic heterocycles. The Hall–Kier alpha value is -2.14. The van der Waals surface area contributed by atoms with E-state index in [4.69, 9.17) is 0 Å². The minimum atomic E-state index is -3.07. The van der Waals surface area contributed by atoms with Crippen LogP contribution in [-0.2, 0) is 28.4 Å². The summed E-state index contributed by atoms with van der Waals surface area (Å²) < 4.78 is 24.0. The largest absolute Gasteiger partial charge is 0.347 e. The molecule has 0 saturated carbocycles. The molecule has 0 atom stereocenters. The molecule has 0 aliphatic rings. The Morgan fingerprint density at radius 1 is 0.857 bits per heavy atom. The van der Waals surface area contributed by atoms with Gasteiger partial charge < -0.3 is 5.32 Å². The first-order valence-electron chi connectivity index (χ1n) is 9.67. The molecule has 0 heterocycles. The van der Waals surface area contributed by atoms with E-state index in [9.17, 15) is 13.2 Å². The second-order valence-corrected chi connectivity index (χ2v) is 11.1. The van der Waals surface area contributed by atoms with Crippen molar-refractivity contribution in [3.63, 3.8) is 0 Å². The Bertz CT molecular complexity index is 890. The number of rotatable bonds is 7. The Balaban J connectivity index is 1.93. The second-order valence-electron chi connectivity index (χ2n) is 8.57. The van der Waals surface area contributed by atoms with Crippen LogP contribution in [0.2, 0.25) is 0 Å². The summed E-state index contributed by atoms with van der Waals surface area (Å²) in [6, 6.07) is 15.5. The van der Waals surface area contributed by atoms with Gasteiger partial charge in [-0.1, -0.05) is 36.4 Å². The van der Waals surface area contributed by atoms with Gasteiger partial charge in [0.2, 0.25) is 0 Å². The van der Waals surface area contributed by atoms with Crippen molar-refractivity contribution in [3.8, 4) is 0 Å². The number of nitrogens with one attached hydrogen (secondary N) is 1. The number of hydrogen-bond donors (Lipinski definition) is 1. The van der Waals surface area contributed by atoms with Crippen LogP contribution in [0.3, 0.4) is 0 Å². The highest BCUT2D eigenvalue weighted by molar-refractivity contribution is 7.91. The summed E-state index contributed by atoms with van der Waals surface area (Å²) in [6.45, 7) is 9.30. The lowest BCUT2D eigenvalue weighted by Gasteiger charge is -2.20. The fourth-order valence-electron chi connectivity index (χ4n) is 2.73. The molecule has 0 saturated heterocycles. The smallest absolute Gasteiger partial charge is 0.251 e. The minimum Gasteiger partial charge on any atom is -0.347 e. The molecule has 1 N–H and O–H groups in total. The molecule has 2 aromatic carbocycles. The number of sulfone groups is 1. The minimum absolute atomic E-state index is 0.0639. The fourth-order valence-corrected chi connectivity index (χ4v) is 3.72. The van der Waals surface area contributed by atoms with Crippen LogP contribution in [0.4, 0.5) is 0 Å². The third kappa shape index (κ3) is 6.79. The number of aryl methyl sites for hydroxylation is 2. The van der Waals surface area contributed by atoms with Gasteiger partial charge in [-0.05, 0) is 76.3 Å². The van der Waals surface area contributed by atoms with Crippen molar-refractivity contribution in [2.24, 2.45) is 0 Å². The van der Waals surface area contributed by atoms with E-state index in [1.165, 1.54) is 11.1 Å². The molecule has 0 aromatic heterocycles. The normalized spacial score (nSPS) is 12.2. The third-order valence-corrected chi connectivity index (χ3v) is 6.69. The molecular formula is C23H31NO3S. The number of hydrogen-bond acceptors (Lipinski definition) is 3. The van der Waals surface area contributed by atoms with Gasteiger partial charge in [-0.2, -0.15) is 0 Å². The number of carbonyl (C=O) groups excluding carboxylic acids is 1. The zero-order chi connectivity index (χ0) is 20.9. The highest BCUT2D eigenvalue weighted by atomic mass is 32.2. The van der Waals surface area contributed by atoms with Crippen molar-refractivity contribution in [2.75, 3.05) is 0 Å². The van der Waals surface area contributed by atoms with Crippen molar-refractivity contribution >= 4 is 15.7 Å². The highest BCUT2D eigenvalue weighted by Gasteiger charge is 2.17. The molecule has 5 heteroatoms. The molecule has 0 bridgehead atoms. The van der Waals surface area contributed by atoms with Gasteiger partial charge in [0.05, 0.1) is 11.0 Å². The summed E-state index contributed by atoms with van der Waals surface area (Å²) in [4.78, 5) is 12.2. The Morgan fingerprint density at radius 2 is 1.29 bits per heavy atom. The first-order chi connectivity index (χ1) is 13.0. The van der Waals surface area contributed by atoms with Crippen LogP contribution in [0.25, 0.3) is 0 Å². The van der Waals surface area contributed by atoms with E-state index in [-0.39, 0.29) is 22.4 Å². The van der Waals surface area contributed by atoms with Crippen LogP contribution < -0.4 is 5.32 Å². The second kappa shape index (κ2) is 8.91. The van der Waals surface area contributed by atoms with Gasteiger partial charge in [-0.15, -0.1) is 0 Å². The van der Waals surface area contributed by atoms with Gasteiger partial charge in [-0.3, -0.25) is 4.79 Å². The van der Waals surface area contributed by atoms with Crippen molar-refractivity contribution in [1.82, 2.24) is 5.32 Å². The fraction of sp³-hybridized carbons (Fsp3) is 0.435. The standard InChI is InChI=1S/C23H31NO3S/c1-17(2)28(26,27)16-20-10-8-18(9-11-20)6-7-19-12-14-21(15-13-19)22(25)24-23(3,4)5/h8-15,17H,6-7,16H2,1-5H3,(H,24,25). The summed E-state index contributed by atoms with van der Waals surface area (Å²) in [6.07, 6.45) is 1.73. The van der Waals surface area contributed by atoms with Crippen molar-refractivity contribution < 1.29 is 13.2 Å². The van der Waals surface area contributed by atoms with E-state index >= 15 is 0 Å². The van der Waals surface area contributed by atoms with Crippen LogP contribution in [0.1, 0.15) is 61.7 Å². The Morgan fingerprint density at radius 3 is 1.71 bits per heavy atom. The van der Waals surface area contributed by atoms with Crippen molar-refractivity contribution in [3.05, 3.63) is 70.8 Å². The molecule has 0 spiro atoms. The Labute approximate surface area is 169 Å². The average Bonchev–Trinajstić information content (AvgIpc) is 2.59. The predicted molar refractivity (Wildman–Crippen MR) is 115 cm³/mol. The van der Waals surface area contributed by atoms with Crippen LogP contribution in [0, 0.1) is 0 Å². The zero-order valence-electron chi connectivity index (χ0n) is 17.5. The van der Waals surface area contributed by atoms with Crippen molar-refractivity contribution in [2.45, 2.75) is 64.0 Å².